The Kier molecular flexibility index (Phi) is 3.52. The molecule has 4 heteroatoms. The molecule has 0 atom stereocenters. The first-order valence-electron chi connectivity index (χ1n) is 7.17. The Morgan fingerprint density at radius 2 is 1.86 bits per heavy atom. The molecule has 0 bridgehead atoms. The van der Waals surface area contributed by atoms with E-state index in [1.54, 1.807) is 0 Å². The van der Waals surface area contributed by atoms with E-state index in [0.717, 1.165) is 52.7 Å². The zero-order valence-corrected chi connectivity index (χ0v) is 12.8. The van der Waals surface area contributed by atoms with Crippen molar-refractivity contribution in [3.8, 4) is 11.8 Å². The highest BCUT2D eigenvalue weighted by molar-refractivity contribution is 7.71. The van der Waals surface area contributed by atoms with E-state index in [2.05, 4.69) is 6.07 Å². The van der Waals surface area contributed by atoms with Gasteiger partial charge in [0.1, 0.15) is 16.5 Å². The minimum absolute atomic E-state index is 0.470. The Balaban J connectivity index is 2.40. The van der Waals surface area contributed by atoms with Crippen molar-refractivity contribution in [2.24, 2.45) is 0 Å². The zero-order valence-electron chi connectivity index (χ0n) is 12.0. The van der Waals surface area contributed by atoms with Gasteiger partial charge in [-0.3, -0.25) is 4.57 Å². The number of aryl methyl sites for hydroxylation is 1. The number of para-hydroxylation sites is 1. The molecule has 1 aromatic carbocycles. The van der Waals surface area contributed by atoms with Crippen molar-refractivity contribution in [2.45, 2.75) is 32.6 Å². The molecule has 2 aromatic rings. The second-order valence-electron chi connectivity index (χ2n) is 5.46. The third-order valence-electron chi connectivity index (χ3n) is 4.20. The number of aromatic nitrogens is 1. The summed E-state index contributed by atoms with van der Waals surface area (Å²) in [4.78, 5) is 0. The standard InChI is InChI=1S/C17H17N3S/c1-11-6-2-5-9-15(11)20-16(19)14(10-18)12-7-3-4-8-13(12)17(20)21/h2,5-6,9H,3-4,7-8,19H2,1H3. The summed E-state index contributed by atoms with van der Waals surface area (Å²) in [5.74, 6) is 0.470. The molecule has 0 fully saturated rings. The molecule has 1 aliphatic carbocycles. The Labute approximate surface area is 129 Å². The van der Waals surface area contributed by atoms with E-state index in [4.69, 9.17) is 18.0 Å². The Morgan fingerprint density at radius 1 is 1.19 bits per heavy atom. The highest BCUT2D eigenvalue weighted by Crippen LogP contribution is 2.32. The molecule has 0 saturated heterocycles. The fraction of sp³-hybridized carbons (Fsp3) is 0.294. The molecular weight excluding hydrogens is 278 g/mol. The third kappa shape index (κ3) is 2.14. The van der Waals surface area contributed by atoms with E-state index in [9.17, 15) is 5.26 Å². The van der Waals surface area contributed by atoms with Crippen LogP contribution in [0.3, 0.4) is 0 Å². The number of nitrogens with zero attached hydrogens (tertiary/aromatic N) is 2. The number of hydrogen-bond donors (Lipinski definition) is 1. The van der Waals surface area contributed by atoms with Crippen LogP contribution in [0.25, 0.3) is 5.69 Å². The number of pyridine rings is 1. The molecule has 0 spiro atoms. The van der Waals surface area contributed by atoms with Crippen molar-refractivity contribution in [1.82, 2.24) is 4.57 Å². The lowest BCUT2D eigenvalue weighted by atomic mass is 9.89. The van der Waals surface area contributed by atoms with Gasteiger partial charge in [0.15, 0.2) is 0 Å². The van der Waals surface area contributed by atoms with Crippen LogP contribution in [0.15, 0.2) is 24.3 Å². The highest BCUT2D eigenvalue weighted by atomic mass is 32.1. The summed E-state index contributed by atoms with van der Waals surface area (Å²) >= 11 is 5.69. The van der Waals surface area contributed by atoms with Gasteiger partial charge in [0.05, 0.1) is 11.3 Å². The Bertz CT molecular complexity index is 812. The molecule has 2 N–H and O–H groups in total. The van der Waals surface area contributed by atoms with Gasteiger partial charge in [-0.15, -0.1) is 0 Å². The number of benzene rings is 1. The van der Waals surface area contributed by atoms with Crippen molar-refractivity contribution in [3.63, 3.8) is 0 Å². The SMILES string of the molecule is Cc1ccccc1-n1c(N)c(C#N)c2c(c1=S)CCCC2. The molecule has 0 amide bonds. The molecule has 0 saturated carbocycles. The zero-order chi connectivity index (χ0) is 15.0. The van der Waals surface area contributed by atoms with Crippen LogP contribution in [-0.2, 0) is 12.8 Å². The molecule has 21 heavy (non-hydrogen) atoms. The maximum Gasteiger partial charge on any atom is 0.127 e. The third-order valence-corrected chi connectivity index (χ3v) is 4.63. The molecular formula is C17H17N3S. The van der Waals surface area contributed by atoms with Crippen LogP contribution < -0.4 is 5.73 Å². The van der Waals surface area contributed by atoms with Crippen LogP contribution in [0.2, 0.25) is 0 Å². The number of nitriles is 1. The van der Waals surface area contributed by atoms with Crippen molar-refractivity contribution < 1.29 is 0 Å². The molecule has 106 valence electrons. The number of hydrogen-bond acceptors (Lipinski definition) is 3. The Morgan fingerprint density at radius 3 is 2.52 bits per heavy atom. The number of rotatable bonds is 1. The number of nitrogens with two attached hydrogens (primary N) is 1. The van der Waals surface area contributed by atoms with Gasteiger partial charge >= 0.3 is 0 Å². The van der Waals surface area contributed by atoms with Gasteiger partial charge in [-0.2, -0.15) is 5.26 Å². The molecule has 1 heterocycles. The van der Waals surface area contributed by atoms with E-state index < -0.39 is 0 Å². The fourth-order valence-electron chi connectivity index (χ4n) is 3.11. The van der Waals surface area contributed by atoms with E-state index in [1.807, 2.05) is 35.8 Å². The summed E-state index contributed by atoms with van der Waals surface area (Å²) in [6.07, 6.45) is 4.07. The largest absolute Gasteiger partial charge is 0.384 e. The first-order valence-corrected chi connectivity index (χ1v) is 7.58. The predicted molar refractivity (Wildman–Crippen MR) is 87.1 cm³/mol. The van der Waals surface area contributed by atoms with Gasteiger partial charge in [0.2, 0.25) is 0 Å². The second-order valence-corrected chi connectivity index (χ2v) is 5.85. The normalized spacial score (nSPS) is 13.5. The average molecular weight is 295 g/mol. The summed E-state index contributed by atoms with van der Waals surface area (Å²) in [6.45, 7) is 2.03. The van der Waals surface area contributed by atoms with Crippen molar-refractivity contribution >= 4 is 18.0 Å². The van der Waals surface area contributed by atoms with E-state index >= 15 is 0 Å². The van der Waals surface area contributed by atoms with Crippen molar-refractivity contribution in [3.05, 3.63) is 51.2 Å². The monoisotopic (exact) mass is 295 g/mol. The average Bonchev–Trinajstić information content (AvgIpc) is 2.50. The van der Waals surface area contributed by atoms with Gasteiger partial charge in [0, 0.05) is 0 Å². The van der Waals surface area contributed by atoms with Crippen molar-refractivity contribution in [2.75, 3.05) is 5.73 Å². The van der Waals surface area contributed by atoms with Crippen LogP contribution in [0, 0.1) is 22.9 Å². The maximum absolute atomic E-state index is 9.53. The number of nitrogen functional groups attached to an aromatic ring is 1. The predicted octanol–water partition coefficient (Wildman–Crippen LogP) is 3.85. The first-order chi connectivity index (χ1) is 10.1. The van der Waals surface area contributed by atoms with Gasteiger partial charge in [-0.05, 0) is 55.4 Å². The second kappa shape index (κ2) is 5.34. The summed E-state index contributed by atoms with van der Waals surface area (Å²) in [5, 5.41) is 9.53. The number of fused-ring (bicyclic) bond motifs is 1. The number of anilines is 1. The minimum Gasteiger partial charge on any atom is -0.384 e. The van der Waals surface area contributed by atoms with E-state index in [1.165, 1.54) is 0 Å². The molecule has 0 radical (unpaired) electrons. The fourth-order valence-corrected chi connectivity index (χ4v) is 3.53. The van der Waals surface area contributed by atoms with Crippen LogP contribution in [0.1, 0.15) is 35.1 Å². The summed E-state index contributed by atoms with van der Waals surface area (Å²) in [7, 11) is 0. The lowest BCUT2D eigenvalue weighted by Crippen LogP contribution is -2.16. The van der Waals surface area contributed by atoms with Crippen LogP contribution in [0.5, 0.6) is 0 Å². The van der Waals surface area contributed by atoms with Gasteiger partial charge in [0.25, 0.3) is 0 Å². The van der Waals surface area contributed by atoms with Crippen molar-refractivity contribution in [1.29, 1.82) is 5.26 Å². The minimum atomic E-state index is 0.470. The van der Waals surface area contributed by atoms with E-state index in [-0.39, 0.29) is 0 Å². The molecule has 3 rings (SSSR count). The van der Waals surface area contributed by atoms with Gasteiger partial charge in [-0.1, -0.05) is 30.4 Å². The molecule has 3 nitrogen and oxygen atoms in total. The first kappa shape index (κ1) is 13.8. The molecule has 0 aliphatic heterocycles. The van der Waals surface area contributed by atoms with Crippen LogP contribution in [0.4, 0.5) is 5.82 Å². The lowest BCUT2D eigenvalue weighted by Gasteiger charge is -2.23. The Hall–Kier alpha value is -2.12. The van der Waals surface area contributed by atoms with Gasteiger partial charge < -0.3 is 5.73 Å². The highest BCUT2D eigenvalue weighted by Gasteiger charge is 2.21. The quantitative estimate of drug-likeness (QED) is 0.813. The van der Waals surface area contributed by atoms with E-state index in [0.29, 0.717) is 11.4 Å². The van der Waals surface area contributed by atoms with Crippen LogP contribution >= 0.6 is 12.2 Å². The molecule has 1 aromatic heterocycles. The smallest absolute Gasteiger partial charge is 0.127 e. The maximum atomic E-state index is 9.53. The summed E-state index contributed by atoms with van der Waals surface area (Å²) < 4.78 is 2.63. The summed E-state index contributed by atoms with van der Waals surface area (Å²) in [5.41, 5.74) is 11.1. The topological polar surface area (TPSA) is 54.7 Å². The lowest BCUT2D eigenvalue weighted by molar-refractivity contribution is 0.674. The van der Waals surface area contributed by atoms with Crippen LogP contribution in [-0.4, -0.2) is 4.57 Å². The summed E-state index contributed by atoms with van der Waals surface area (Å²) in [6, 6.07) is 10.3. The molecule has 0 unspecified atom stereocenters. The molecule has 1 aliphatic rings. The van der Waals surface area contributed by atoms with Gasteiger partial charge in [-0.25, -0.2) is 0 Å².